The standard InChI is InChI=1S/C38H42ClFN6O3S/c1-5-42-46-15-7-6-9-27(46)20-33-34(39)14-13-32-31(37(38(47)48)44(3)36(32)33)10-8-16-49-35-21-29(18-24-17-25(40)11-12-30(24)35)50-23-28-19-26(22-41-2)43-45(28)4/h5,11-14,17-21,41H,6-10,15-16,22-23H2,1-4H3,(H,47,48)/b27-20+,42-5+. The van der Waals surface area contributed by atoms with Crippen molar-refractivity contribution < 1.29 is 19.0 Å². The van der Waals surface area contributed by atoms with Crippen molar-refractivity contribution in [1.82, 2.24) is 24.7 Å². The number of thioether (sulfide) groups is 1. The molecule has 262 valence electrons. The minimum Gasteiger partial charge on any atom is -0.493 e. The average molecular weight is 717 g/mol. The van der Waals surface area contributed by atoms with E-state index in [1.165, 1.54) is 12.1 Å². The van der Waals surface area contributed by atoms with Crippen LogP contribution in [0.25, 0.3) is 27.8 Å². The third-order valence-electron chi connectivity index (χ3n) is 9.05. The maximum Gasteiger partial charge on any atom is 0.352 e. The molecule has 1 fully saturated rings. The lowest BCUT2D eigenvalue weighted by molar-refractivity contribution is 0.0685. The van der Waals surface area contributed by atoms with Gasteiger partial charge in [0.05, 0.1) is 17.8 Å². The third-order valence-corrected chi connectivity index (χ3v) is 10.4. The Morgan fingerprint density at radius 3 is 2.76 bits per heavy atom. The van der Waals surface area contributed by atoms with Crippen molar-refractivity contribution in [1.29, 1.82) is 0 Å². The molecule has 0 saturated carbocycles. The highest BCUT2D eigenvalue weighted by Gasteiger charge is 2.24. The van der Waals surface area contributed by atoms with Gasteiger partial charge in [0, 0.05) is 76.8 Å². The lowest BCUT2D eigenvalue weighted by atomic mass is 10.0. The van der Waals surface area contributed by atoms with Crippen LogP contribution in [0.2, 0.25) is 5.02 Å². The van der Waals surface area contributed by atoms with Crippen molar-refractivity contribution in [3.8, 4) is 5.75 Å². The van der Waals surface area contributed by atoms with E-state index in [2.05, 4.69) is 27.7 Å². The summed E-state index contributed by atoms with van der Waals surface area (Å²) in [6.45, 7) is 3.77. The molecule has 1 aliphatic rings. The number of rotatable bonds is 13. The van der Waals surface area contributed by atoms with Gasteiger partial charge in [-0.25, -0.2) is 9.18 Å². The van der Waals surface area contributed by atoms with E-state index in [0.29, 0.717) is 42.5 Å². The second-order valence-electron chi connectivity index (χ2n) is 12.4. The van der Waals surface area contributed by atoms with Gasteiger partial charge in [0.1, 0.15) is 17.3 Å². The Kier molecular flexibility index (Phi) is 11.2. The Labute approximate surface area is 300 Å². The highest BCUT2D eigenvalue weighted by atomic mass is 35.5. The highest BCUT2D eigenvalue weighted by molar-refractivity contribution is 7.98. The molecule has 3 aromatic carbocycles. The Hall–Kier alpha value is -4.32. The van der Waals surface area contributed by atoms with Crippen LogP contribution in [0.5, 0.6) is 5.75 Å². The zero-order valence-corrected chi connectivity index (χ0v) is 30.4. The molecular weight excluding hydrogens is 675 g/mol. The quantitative estimate of drug-likeness (QED) is 0.0718. The fourth-order valence-electron chi connectivity index (χ4n) is 6.76. The summed E-state index contributed by atoms with van der Waals surface area (Å²) in [5.74, 6) is 0.0534. The minimum atomic E-state index is -0.992. The number of ether oxygens (including phenoxy) is 1. The predicted molar refractivity (Wildman–Crippen MR) is 201 cm³/mol. The van der Waals surface area contributed by atoms with E-state index in [-0.39, 0.29) is 11.5 Å². The number of allylic oxidation sites excluding steroid dienone is 1. The molecule has 50 heavy (non-hydrogen) atoms. The molecule has 2 aromatic heterocycles. The summed E-state index contributed by atoms with van der Waals surface area (Å²) in [4.78, 5) is 13.6. The first-order chi connectivity index (χ1) is 24.2. The number of carbonyl (C=O) groups is 1. The van der Waals surface area contributed by atoms with E-state index in [0.717, 1.165) is 80.6 Å². The number of nitrogens with zero attached hydrogens (tertiary/aromatic N) is 5. The maximum absolute atomic E-state index is 14.3. The van der Waals surface area contributed by atoms with Gasteiger partial charge in [-0.3, -0.25) is 9.69 Å². The van der Waals surface area contributed by atoms with Gasteiger partial charge < -0.3 is 19.7 Å². The maximum atomic E-state index is 14.3. The van der Waals surface area contributed by atoms with Gasteiger partial charge in [0.15, 0.2) is 0 Å². The lowest BCUT2D eigenvalue weighted by Gasteiger charge is -2.27. The molecule has 0 bridgehead atoms. The second kappa shape index (κ2) is 15.7. The number of halogens is 2. The number of aromatic carboxylic acids is 1. The Balaban J connectivity index is 1.24. The molecular formula is C38H42ClFN6O3S. The molecule has 0 radical (unpaired) electrons. The van der Waals surface area contributed by atoms with E-state index in [1.807, 2.05) is 55.0 Å². The molecule has 0 amide bonds. The smallest absolute Gasteiger partial charge is 0.352 e. The Morgan fingerprint density at radius 2 is 1.98 bits per heavy atom. The SMILES string of the molecule is C/C=N/N1CCCC/C1=C\c1c(Cl)ccc2c(CCCOc3cc(SCc4cc(CNC)nn4C)cc4cc(F)ccc34)c(C(=O)O)n(C)c12. The molecule has 9 nitrogen and oxygen atoms in total. The van der Waals surface area contributed by atoms with Crippen LogP contribution in [0.15, 0.2) is 64.2 Å². The second-order valence-corrected chi connectivity index (χ2v) is 13.9. The van der Waals surface area contributed by atoms with Gasteiger partial charge in [-0.2, -0.15) is 10.2 Å². The van der Waals surface area contributed by atoms with E-state index in [9.17, 15) is 14.3 Å². The van der Waals surface area contributed by atoms with Crippen molar-refractivity contribution in [3.05, 3.63) is 93.3 Å². The fourth-order valence-corrected chi connectivity index (χ4v) is 7.95. The van der Waals surface area contributed by atoms with Gasteiger partial charge in [-0.15, -0.1) is 11.8 Å². The van der Waals surface area contributed by atoms with E-state index in [1.54, 1.807) is 35.7 Å². The van der Waals surface area contributed by atoms with Crippen LogP contribution in [0.3, 0.4) is 0 Å². The van der Waals surface area contributed by atoms with Crippen LogP contribution in [-0.2, 0) is 32.8 Å². The van der Waals surface area contributed by atoms with Crippen molar-refractivity contribution in [2.24, 2.45) is 19.2 Å². The number of aryl methyl sites for hydroxylation is 3. The topological polar surface area (TPSA) is 96.9 Å². The van der Waals surface area contributed by atoms with Crippen LogP contribution in [-0.4, -0.2) is 56.8 Å². The lowest BCUT2D eigenvalue weighted by Crippen LogP contribution is -2.22. The van der Waals surface area contributed by atoms with Gasteiger partial charge >= 0.3 is 5.97 Å². The number of piperidine rings is 1. The molecule has 6 rings (SSSR count). The third kappa shape index (κ3) is 7.55. The van der Waals surface area contributed by atoms with Crippen LogP contribution < -0.4 is 10.1 Å². The normalized spacial score (nSPS) is 14.5. The summed E-state index contributed by atoms with van der Waals surface area (Å²) in [7, 11) is 5.62. The van der Waals surface area contributed by atoms with Crippen LogP contribution in [0.1, 0.15) is 65.6 Å². The Bertz CT molecular complexity index is 2110. The number of benzene rings is 3. The number of hydrazone groups is 1. The molecule has 5 aromatic rings. The molecule has 1 saturated heterocycles. The summed E-state index contributed by atoms with van der Waals surface area (Å²) in [6, 6.07) is 14.5. The largest absolute Gasteiger partial charge is 0.493 e. The van der Waals surface area contributed by atoms with Crippen LogP contribution >= 0.6 is 23.4 Å². The van der Waals surface area contributed by atoms with Crippen molar-refractivity contribution in [2.45, 2.75) is 56.2 Å². The zero-order chi connectivity index (χ0) is 35.4. The van der Waals surface area contributed by atoms with E-state index in [4.69, 9.17) is 16.3 Å². The van der Waals surface area contributed by atoms with Crippen molar-refractivity contribution in [2.75, 3.05) is 20.2 Å². The monoisotopic (exact) mass is 716 g/mol. The molecule has 0 unspecified atom stereocenters. The first-order valence-electron chi connectivity index (χ1n) is 16.8. The molecule has 0 spiro atoms. The number of carboxylic acids is 1. The predicted octanol–water partition coefficient (Wildman–Crippen LogP) is 8.41. The number of hydrogen-bond acceptors (Lipinski definition) is 7. The molecule has 12 heteroatoms. The zero-order valence-electron chi connectivity index (χ0n) is 28.8. The summed E-state index contributed by atoms with van der Waals surface area (Å²) in [5.41, 5.74) is 5.67. The van der Waals surface area contributed by atoms with Crippen molar-refractivity contribution >= 4 is 63.3 Å². The molecule has 3 heterocycles. The molecule has 2 N–H and O–H groups in total. The first kappa shape index (κ1) is 35.5. The minimum absolute atomic E-state index is 0.237. The highest BCUT2D eigenvalue weighted by Crippen LogP contribution is 2.37. The number of hydrogen-bond donors (Lipinski definition) is 2. The van der Waals surface area contributed by atoms with Crippen molar-refractivity contribution in [3.63, 3.8) is 0 Å². The molecule has 1 aliphatic heterocycles. The summed E-state index contributed by atoms with van der Waals surface area (Å²) in [6.07, 6.45) is 7.88. The number of nitrogens with one attached hydrogen (secondary N) is 1. The van der Waals surface area contributed by atoms with Gasteiger partial charge in [-0.1, -0.05) is 17.7 Å². The summed E-state index contributed by atoms with van der Waals surface area (Å²) >= 11 is 8.43. The van der Waals surface area contributed by atoms with E-state index < -0.39 is 5.97 Å². The fraction of sp³-hybridized carbons (Fsp3) is 0.342. The van der Waals surface area contributed by atoms with Crippen LogP contribution in [0.4, 0.5) is 4.39 Å². The van der Waals surface area contributed by atoms with Gasteiger partial charge in [0.2, 0.25) is 0 Å². The first-order valence-corrected chi connectivity index (χ1v) is 18.2. The number of aromatic nitrogens is 3. The average Bonchev–Trinajstić information content (AvgIpc) is 3.59. The van der Waals surface area contributed by atoms with E-state index >= 15 is 0 Å². The van der Waals surface area contributed by atoms with Crippen LogP contribution in [0, 0.1) is 5.82 Å². The summed E-state index contributed by atoms with van der Waals surface area (Å²) in [5, 5.41) is 27.6. The van der Waals surface area contributed by atoms with Gasteiger partial charge in [-0.05, 0) is 106 Å². The molecule has 0 atom stereocenters. The number of fused-ring (bicyclic) bond motifs is 2. The molecule has 0 aliphatic carbocycles. The number of carboxylic acid groups (broad SMARTS) is 1. The van der Waals surface area contributed by atoms with Gasteiger partial charge in [0.25, 0.3) is 0 Å². The Morgan fingerprint density at radius 1 is 1.16 bits per heavy atom. The summed E-state index contributed by atoms with van der Waals surface area (Å²) < 4.78 is 24.3.